The first-order valence-corrected chi connectivity index (χ1v) is 8.44. The number of rotatable bonds is 9. The molecule has 0 aliphatic rings. The van der Waals surface area contributed by atoms with Crippen molar-refractivity contribution in [3.63, 3.8) is 0 Å². The highest BCUT2D eigenvalue weighted by atomic mass is 17.2. The summed E-state index contributed by atoms with van der Waals surface area (Å²) in [4.78, 5) is 33.2. The molecule has 0 fully saturated rings. The van der Waals surface area contributed by atoms with Crippen molar-refractivity contribution in [1.29, 1.82) is 0 Å². The zero-order valence-corrected chi connectivity index (χ0v) is 16.0. The van der Waals surface area contributed by atoms with Gasteiger partial charge in [-0.2, -0.15) is 0 Å². The normalized spacial score (nSPS) is 13.5. The third kappa shape index (κ3) is 10.9. The fraction of sp³-hybridized carbons (Fsp3) is 0.632. The number of esters is 1. The second-order valence-corrected chi connectivity index (χ2v) is 7.68. The first kappa shape index (κ1) is 21.6. The second-order valence-electron chi connectivity index (χ2n) is 7.68. The van der Waals surface area contributed by atoms with Crippen LogP contribution in [0.5, 0.6) is 0 Å². The molecule has 1 aromatic carbocycles. The minimum absolute atomic E-state index is 0.0582. The Hall–Kier alpha value is -1.47. The third-order valence-electron chi connectivity index (χ3n) is 2.68. The predicted octanol–water partition coefficient (Wildman–Crippen LogP) is 4.10. The molecule has 0 bridgehead atoms. The van der Waals surface area contributed by atoms with E-state index in [1.54, 1.807) is 24.3 Å². The van der Waals surface area contributed by atoms with E-state index < -0.39 is 23.3 Å². The van der Waals surface area contributed by atoms with Gasteiger partial charge in [-0.25, -0.2) is 24.3 Å². The zero-order chi connectivity index (χ0) is 18.9. The van der Waals surface area contributed by atoms with Gasteiger partial charge in [-0.3, -0.25) is 0 Å². The molecule has 0 amide bonds. The molecule has 0 N–H and O–H groups in total. The summed E-state index contributed by atoms with van der Waals surface area (Å²) >= 11 is 0. The van der Waals surface area contributed by atoms with Crippen molar-refractivity contribution >= 4 is 5.97 Å². The Labute approximate surface area is 150 Å². The average molecular weight is 354 g/mol. The van der Waals surface area contributed by atoms with E-state index in [1.807, 2.05) is 47.6 Å². The van der Waals surface area contributed by atoms with Crippen molar-refractivity contribution in [1.82, 2.24) is 0 Å². The fourth-order valence-corrected chi connectivity index (χ4v) is 1.60. The van der Waals surface area contributed by atoms with Crippen molar-refractivity contribution in [3.05, 3.63) is 35.9 Å². The lowest BCUT2D eigenvalue weighted by atomic mass is 10.2. The molecule has 0 aliphatic heterocycles. The van der Waals surface area contributed by atoms with E-state index in [1.165, 1.54) is 0 Å². The molecule has 0 aromatic heterocycles. The zero-order valence-electron chi connectivity index (χ0n) is 16.0. The Morgan fingerprint density at radius 1 is 0.960 bits per heavy atom. The van der Waals surface area contributed by atoms with Crippen LogP contribution in [-0.2, 0) is 24.3 Å². The van der Waals surface area contributed by atoms with Crippen LogP contribution in [0, 0.1) is 0 Å². The highest BCUT2D eigenvalue weighted by Crippen LogP contribution is 2.13. The van der Waals surface area contributed by atoms with Crippen LogP contribution in [0.25, 0.3) is 0 Å². The van der Waals surface area contributed by atoms with E-state index in [4.69, 9.17) is 24.3 Å². The first-order chi connectivity index (χ1) is 11.6. The van der Waals surface area contributed by atoms with E-state index in [2.05, 4.69) is 0 Å². The maximum Gasteiger partial charge on any atom is 0.338 e. The van der Waals surface area contributed by atoms with Gasteiger partial charge in [-0.15, -0.1) is 0 Å². The summed E-state index contributed by atoms with van der Waals surface area (Å²) in [6.07, 6.45) is -0.00993. The van der Waals surface area contributed by atoms with Crippen LogP contribution in [0.2, 0.25) is 0 Å². The largest absolute Gasteiger partial charge is 0.459 e. The maximum atomic E-state index is 12.0. The topological polar surface area (TPSA) is 63.2 Å². The molecule has 142 valence electrons. The number of carbonyl (C=O) groups excluding carboxylic acids is 1. The molecule has 0 saturated carbocycles. The molecule has 0 aliphatic carbocycles. The molecule has 0 spiro atoms. The van der Waals surface area contributed by atoms with Crippen LogP contribution in [0.1, 0.15) is 58.3 Å². The van der Waals surface area contributed by atoms with Crippen LogP contribution in [0.4, 0.5) is 0 Å². The lowest BCUT2D eigenvalue weighted by Gasteiger charge is -2.23. The van der Waals surface area contributed by atoms with Crippen molar-refractivity contribution in [3.8, 4) is 0 Å². The molecule has 0 saturated heterocycles. The van der Waals surface area contributed by atoms with Crippen molar-refractivity contribution in [2.75, 3.05) is 13.2 Å². The number of ether oxygens (including phenoxy) is 1. The number of hydrogen-bond donors (Lipinski definition) is 0. The molecule has 25 heavy (non-hydrogen) atoms. The molecular weight excluding hydrogens is 324 g/mol. The van der Waals surface area contributed by atoms with Crippen LogP contribution < -0.4 is 0 Å². The van der Waals surface area contributed by atoms with E-state index >= 15 is 0 Å². The molecule has 1 rings (SSSR count). The van der Waals surface area contributed by atoms with Crippen molar-refractivity contribution in [2.45, 2.75) is 65.3 Å². The van der Waals surface area contributed by atoms with Gasteiger partial charge in [0.15, 0.2) is 0 Å². The summed E-state index contributed by atoms with van der Waals surface area (Å²) in [5.74, 6) is -0.406. The monoisotopic (exact) mass is 354 g/mol. The molecule has 6 heteroatoms. The number of hydrogen-bond acceptors (Lipinski definition) is 6. The van der Waals surface area contributed by atoms with E-state index in [0.717, 1.165) is 0 Å². The van der Waals surface area contributed by atoms with Gasteiger partial charge >= 0.3 is 5.97 Å². The standard InChI is InChI=1S/C19H30O6/c1-18(2,3)24-22-13-12-16(23-25-19(4,5)6)14-21-17(20)15-10-8-7-9-11-15/h7-11,16H,12-14H2,1-6H3. The molecule has 0 heterocycles. The predicted molar refractivity (Wildman–Crippen MR) is 93.8 cm³/mol. The van der Waals surface area contributed by atoms with E-state index in [-0.39, 0.29) is 6.61 Å². The lowest BCUT2D eigenvalue weighted by molar-refractivity contribution is -0.386. The van der Waals surface area contributed by atoms with Gasteiger partial charge in [-0.1, -0.05) is 18.2 Å². The molecule has 1 atom stereocenters. The first-order valence-electron chi connectivity index (χ1n) is 8.44. The SMILES string of the molecule is CC(C)(C)OOCCC(COC(=O)c1ccccc1)OOC(C)(C)C. The fourth-order valence-electron chi connectivity index (χ4n) is 1.60. The molecule has 1 aromatic rings. The molecular formula is C19H30O6. The Balaban J connectivity index is 2.48. The van der Waals surface area contributed by atoms with Gasteiger partial charge < -0.3 is 4.74 Å². The van der Waals surface area contributed by atoms with Gasteiger partial charge in [0.25, 0.3) is 0 Å². The lowest BCUT2D eigenvalue weighted by Crippen LogP contribution is -2.29. The summed E-state index contributed by atoms with van der Waals surface area (Å²) in [6.45, 7) is 11.7. The van der Waals surface area contributed by atoms with Gasteiger partial charge in [0, 0.05) is 6.42 Å². The number of carbonyl (C=O) groups is 1. The van der Waals surface area contributed by atoms with E-state index in [0.29, 0.717) is 18.6 Å². The summed E-state index contributed by atoms with van der Waals surface area (Å²) < 4.78 is 5.31. The van der Waals surface area contributed by atoms with Gasteiger partial charge in [0.2, 0.25) is 0 Å². The van der Waals surface area contributed by atoms with Crippen LogP contribution in [0.15, 0.2) is 30.3 Å². The number of benzene rings is 1. The molecule has 1 unspecified atom stereocenters. The maximum absolute atomic E-state index is 12.0. The van der Waals surface area contributed by atoms with Crippen LogP contribution in [0.3, 0.4) is 0 Å². The second kappa shape index (κ2) is 9.87. The van der Waals surface area contributed by atoms with Gasteiger partial charge in [0.05, 0.1) is 23.4 Å². The smallest absolute Gasteiger partial charge is 0.338 e. The summed E-state index contributed by atoms with van der Waals surface area (Å²) in [5.41, 5.74) is -0.368. The summed E-state index contributed by atoms with van der Waals surface area (Å²) in [5, 5.41) is 0. The van der Waals surface area contributed by atoms with Gasteiger partial charge in [-0.05, 0) is 53.7 Å². The highest BCUT2D eigenvalue weighted by molar-refractivity contribution is 5.89. The Kier molecular flexibility index (Phi) is 8.52. The summed E-state index contributed by atoms with van der Waals surface area (Å²) in [7, 11) is 0. The van der Waals surface area contributed by atoms with E-state index in [9.17, 15) is 4.79 Å². The van der Waals surface area contributed by atoms with Crippen molar-refractivity contribution < 1.29 is 29.1 Å². The average Bonchev–Trinajstić information content (AvgIpc) is 2.52. The Bertz CT molecular complexity index is 501. The third-order valence-corrected chi connectivity index (χ3v) is 2.68. The Morgan fingerprint density at radius 3 is 2.12 bits per heavy atom. The van der Waals surface area contributed by atoms with Crippen LogP contribution in [-0.4, -0.2) is 36.5 Å². The minimum Gasteiger partial charge on any atom is -0.459 e. The van der Waals surface area contributed by atoms with Crippen molar-refractivity contribution in [2.24, 2.45) is 0 Å². The van der Waals surface area contributed by atoms with Crippen LogP contribution >= 0.6 is 0 Å². The molecule has 0 radical (unpaired) electrons. The highest BCUT2D eigenvalue weighted by Gasteiger charge is 2.20. The Morgan fingerprint density at radius 2 is 1.56 bits per heavy atom. The quantitative estimate of drug-likeness (QED) is 0.288. The van der Waals surface area contributed by atoms with Gasteiger partial charge in [0.1, 0.15) is 12.7 Å². The minimum atomic E-state index is -0.468. The molecule has 6 nitrogen and oxygen atoms in total. The summed E-state index contributed by atoms with van der Waals surface area (Å²) in [6, 6.07) is 8.80.